The van der Waals surface area contributed by atoms with E-state index < -0.39 is 14.0 Å². The van der Waals surface area contributed by atoms with Gasteiger partial charge in [0.05, 0.1) is 14.0 Å². The van der Waals surface area contributed by atoms with Crippen molar-refractivity contribution >= 4 is 30.3 Å². The fourth-order valence-electron chi connectivity index (χ4n) is 4.07. The molecule has 0 N–H and O–H groups in total. The monoisotopic (exact) mass is 314 g/mol. The minimum atomic E-state index is -1.52. The first-order chi connectivity index (χ1) is 10.3. The number of fused-ring (bicyclic) bond motifs is 1. The first-order valence-corrected chi connectivity index (χ1v) is 11.7. The first-order valence-electron chi connectivity index (χ1n) is 8.17. The number of carboxylic acids is 1. The van der Waals surface area contributed by atoms with Gasteiger partial charge in [-0.25, -0.2) is 0 Å². The molecule has 0 bridgehead atoms. The average molecular weight is 314 g/mol. The molecule has 1 aromatic carbocycles. The van der Waals surface area contributed by atoms with E-state index in [1.807, 2.05) is 6.07 Å². The molecule has 1 saturated carbocycles. The number of benzene rings is 1. The number of aromatic nitrogens is 1. The number of carboxylic acid groups (broad SMARTS) is 1. The Hall–Kier alpha value is -1.55. The zero-order valence-electron chi connectivity index (χ0n) is 13.9. The second-order valence-electron chi connectivity index (χ2n) is 7.55. The van der Waals surface area contributed by atoms with Crippen molar-refractivity contribution in [1.29, 1.82) is 0 Å². The quantitative estimate of drug-likeness (QED) is 0.818. The number of hydrogen-bond acceptors (Lipinski definition) is 2. The third kappa shape index (κ3) is 2.39. The van der Waals surface area contributed by atoms with Gasteiger partial charge in [0, 0.05) is 22.3 Å². The zero-order chi connectivity index (χ0) is 16.1. The number of carbonyl (C=O) groups is 1. The van der Waals surface area contributed by atoms with Crippen molar-refractivity contribution < 1.29 is 9.90 Å². The highest BCUT2D eigenvalue weighted by Gasteiger charge is 2.30. The molecule has 0 spiro atoms. The summed E-state index contributed by atoms with van der Waals surface area (Å²) >= 11 is 0. The summed E-state index contributed by atoms with van der Waals surface area (Å²) in [6, 6.07) is 6.05. The van der Waals surface area contributed by atoms with E-state index in [2.05, 4.69) is 31.1 Å². The van der Waals surface area contributed by atoms with E-state index in [0.29, 0.717) is 6.04 Å². The van der Waals surface area contributed by atoms with Crippen LogP contribution in [-0.2, 0) is 0 Å². The summed E-state index contributed by atoms with van der Waals surface area (Å²) in [5.74, 6) is -1.09. The molecule has 0 aliphatic heterocycles. The molecular weight excluding hydrogens is 290 g/mol. The molecule has 3 rings (SSSR count). The standard InChI is InChI=1S/C18H25NO2Si/c1-12-15-11-13(18(20)21)9-10-16(15)19(14-7-5-6-8-14)17(12)22(2,3)4/h9-11,14H,5-8H2,1-4H3,(H,20,21)/p-1. The third-order valence-corrected chi connectivity index (χ3v) is 6.93. The fourth-order valence-corrected chi connectivity index (χ4v) is 6.35. The number of rotatable bonds is 3. The Balaban J connectivity index is 2.32. The molecule has 0 unspecified atom stereocenters. The Bertz CT molecular complexity index is 734. The highest BCUT2D eigenvalue weighted by atomic mass is 28.3. The largest absolute Gasteiger partial charge is 0.545 e. The lowest BCUT2D eigenvalue weighted by Crippen LogP contribution is -2.45. The van der Waals surface area contributed by atoms with E-state index in [9.17, 15) is 9.90 Å². The maximum atomic E-state index is 11.2. The van der Waals surface area contributed by atoms with Crippen molar-refractivity contribution in [2.45, 2.75) is 58.3 Å². The predicted octanol–water partition coefficient (Wildman–Crippen LogP) is 2.97. The van der Waals surface area contributed by atoms with Crippen molar-refractivity contribution in [1.82, 2.24) is 4.57 Å². The normalized spacial score (nSPS) is 16.5. The van der Waals surface area contributed by atoms with Crippen molar-refractivity contribution in [2.24, 2.45) is 0 Å². The molecule has 4 heteroatoms. The average Bonchev–Trinajstić information content (AvgIpc) is 3.03. The lowest BCUT2D eigenvalue weighted by Gasteiger charge is -2.26. The Morgan fingerprint density at radius 2 is 1.86 bits per heavy atom. The van der Waals surface area contributed by atoms with Gasteiger partial charge in [-0.2, -0.15) is 0 Å². The number of carbonyl (C=O) groups excluding carboxylic acids is 1. The van der Waals surface area contributed by atoms with Gasteiger partial charge in [-0.05, 0) is 43.0 Å². The molecule has 0 saturated heterocycles. The van der Waals surface area contributed by atoms with Crippen molar-refractivity contribution in [2.75, 3.05) is 0 Å². The molecule has 0 amide bonds. The predicted molar refractivity (Wildman–Crippen MR) is 91.5 cm³/mol. The number of nitrogens with zero attached hydrogens (tertiary/aromatic N) is 1. The zero-order valence-corrected chi connectivity index (χ0v) is 14.9. The van der Waals surface area contributed by atoms with E-state index in [4.69, 9.17) is 0 Å². The van der Waals surface area contributed by atoms with Gasteiger partial charge >= 0.3 is 0 Å². The molecule has 0 atom stereocenters. The lowest BCUT2D eigenvalue weighted by molar-refractivity contribution is -0.255. The molecule has 1 aromatic heterocycles. The van der Waals surface area contributed by atoms with Crippen LogP contribution in [0.5, 0.6) is 0 Å². The van der Waals surface area contributed by atoms with Gasteiger partial charge in [0.25, 0.3) is 0 Å². The summed E-state index contributed by atoms with van der Waals surface area (Å²) in [7, 11) is -1.52. The summed E-state index contributed by atoms with van der Waals surface area (Å²) < 4.78 is 2.54. The van der Waals surface area contributed by atoms with Gasteiger partial charge in [0.15, 0.2) is 0 Å². The van der Waals surface area contributed by atoms with E-state index in [1.54, 1.807) is 12.1 Å². The highest BCUT2D eigenvalue weighted by Crippen LogP contribution is 2.34. The van der Waals surface area contributed by atoms with Crippen LogP contribution in [0.2, 0.25) is 19.6 Å². The van der Waals surface area contributed by atoms with Gasteiger partial charge in [0.2, 0.25) is 0 Å². The number of hydrogen-bond donors (Lipinski definition) is 0. The van der Waals surface area contributed by atoms with E-state index in [-0.39, 0.29) is 5.56 Å². The molecule has 3 nitrogen and oxygen atoms in total. The van der Waals surface area contributed by atoms with Crippen LogP contribution in [0.3, 0.4) is 0 Å². The molecule has 1 fully saturated rings. The molecule has 0 radical (unpaired) electrons. The topological polar surface area (TPSA) is 45.1 Å². The summed E-state index contributed by atoms with van der Waals surface area (Å²) in [6.07, 6.45) is 5.07. The molecule has 1 heterocycles. The lowest BCUT2D eigenvalue weighted by atomic mass is 10.1. The second kappa shape index (κ2) is 5.27. The van der Waals surface area contributed by atoms with Gasteiger partial charge in [-0.1, -0.05) is 38.5 Å². The SMILES string of the molecule is Cc1c([Si](C)(C)C)n(C2CCCC2)c2ccc(C(=O)[O-])cc12. The summed E-state index contributed by atoms with van der Waals surface area (Å²) in [5.41, 5.74) is 2.75. The number of aromatic carboxylic acids is 1. The second-order valence-corrected chi connectivity index (χ2v) is 12.5. The summed E-state index contributed by atoms with van der Waals surface area (Å²) in [6.45, 7) is 9.28. The molecule has 22 heavy (non-hydrogen) atoms. The highest BCUT2D eigenvalue weighted by molar-refractivity contribution is 6.88. The van der Waals surface area contributed by atoms with Gasteiger partial charge in [0.1, 0.15) is 0 Å². The minimum absolute atomic E-state index is 0.279. The number of aryl methyl sites for hydroxylation is 1. The Morgan fingerprint density at radius 3 is 2.41 bits per heavy atom. The minimum Gasteiger partial charge on any atom is -0.545 e. The van der Waals surface area contributed by atoms with Crippen molar-refractivity contribution in [3.05, 3.63) is 29.3 Å². The van der Waals surface area contributed by atoms with E-state index in [1.165, 1.54) is 42.1 Å². The third-order valence-electron chi connectivity index (χ3n) is 4.89. The Labute approximate surface area is 133 Å². The Morgan fingerprint density at radius 1 is 1.23 bits per heavy atom. The maximum Gasteiger partial charge on any atom is 0.0988 e. The van der Waals surface area contributed by atoms with Crippen molar-refractivity contribution in [3.8, 4) is 0 Å². The molecule has 118 valence electrons. The van der Waals surface area contributed by atoms with Crippen molar-refractivity contribution in [3.63, 3.8) is 0 Å². The van der Waals surface area contributed by atoms with Crippen LogP contribution >= 0.6 is 0 Å². The van der Waals surface area contributed by atoms with Crippen LogP contribution < -0.4 is 10.4 Å². The van der Waals surface area contributed by atoms with Crippen LogP contribution in [-0.4, -0.2) is 18.6 Å². The smallest absolute Gasteiger partial charge is 0.0988 e. The first kappa shape index (κ1) is 15.3. The summed E-state index contributed by atoms with van der Waals surface area (Å²) in [4.78, 5) is 11.2. The van der Waals surface area contributed by atoms with Crippen LogP contribution in [0.1, 0.15) is 47.6 Å². The van der Waals surface area contributed by atoms with E-state index in [0.717, 1.165) is 5.39 Å². The summed E-state index contributed by atoms with van der Waals surface area (Å²) in [5, 5.41) is 13.8. The van der Waals surface area contributed by atoms with Crippen LogP contribution in [0, 0.1) is 6.92 Å². The molecule has 1 aliphatic carbocycles. The molecule has 2 aromatic rings. The van der Waals surface area contributed by atoms with Crippen LogP contribution in [0.4, 0.5) is 0 Å². The molecule has 1 aliphatic rings. The van der Waals surface area contributed by atoms with Gasteiger partial charge in [-0.15, -0.1) is 0 Å². The Kier molecular flexibility index (Phi) is 3.67. The molecular formula is C18H24NO2Si-. The fraction of sp³-hybridized carbons (Fsp3) is 0.500. The van der Waals surface area contributed by atoms with Gasteiger partial charge in [-0.3, -0.25) is 0 Å². The van der Waals surface area contributed by atoms with Crippen LogP contribution in [0.15, 0.2) is 18.2 Å². The van der Waals surface area contributed by atoms with Crippen LogP contribution in [0.25, 0.3) is 10.9 Å². The van der Waals surface area contributed by atoms with E-state index >= 15 is 0 Å². The van der Waals surface area contributed by atoms with Gasteiger partial charge < -0.3 is 14.5 Å². The maximum absolute atomic E-state index is 11.2.